The second-order valence-electron chi connectivity index (χ2n) is 5.51. The average Bonchev–Trinajstić information content (AvgIpc) is 2.59. The van der Waals surface area contributed by atoms with Crippen molar-refractivity contribution < 1.29 is 9.53 Å². The van der Waals surface area contributed by atoms with E-state index in [1.54, 1.807) is 30.5 Å². The number of hydrogen-bond donors (Lipinski definition) is 0. The van der Waals surface area contributed by atoms with E-state index < -0.39 is 0 Å². The van der Waals surface area contributed by atoms with E-state index in [2.05, 4.69) is 5.10 Å². The van der Waals surface area contributed by atoms with E-state index in [1.807, 2.05) is 25.1 Å². The van der Waals surface area contributed by atoms with Crippen LogP contribution in [0.15, 0.2) is 53.5 Å². The molecule has 0 N–H and O–H groups in total. The van der Waals surface area contributed by atoms with Crippen molar-refractivity contribution >= 4 is 16.6 Å². The van der Waals surface area contributed by atoms with Gasteiger partial charge in [0.15, 0.2) is 5.78 Å². The highest BCUT2D eigenvalue weighted by Gasteiger charge is 2.11. The number of fused-ring (bicyclic) bond motifs is 1. The Bertz CT molecular complexity index is 960. The SMILES string of the molecule is CCOc1ccc(C(C)=O)cc1Cn1ncc2ccccc2c1=O. The van der Waals surface area contributed by atoms with Gasteiger partial charge in [-0.1, -0.05) is 18.2 Å². The molecule has 0 saturated heterocycles. The van der Waals surface area contributed by atoms with Crippen molar-refractivity contribution in [1.82, 2.24) is 9.78 Å². The van der Waals surface area contributed by atoms with Crippen LogP contribution in [0.25, 0.3) is 10.8 Å². The fourth-order valence-electron chi connectivity index (χ4n) is 2.62. The number of benzene rings is 2. The molecule has 5 nitrogen and oxygen atoms in total. The molecule has 0 atom stereocenters. The Morgan fingerprint density at radius 2 is 2.00 bits per heavy atom. The summed E-state index contributed by atoms with van der Waals surface area (Å²) in [5.41, 5.74) is 1.18. The zero-order chi connectivity index (χ0) is 17.1. The Morgan fingerprint density at radius 1 is 1.21 bits per heavy atom. The maximum absolute atomic E-state index is 12.6. The monoisotopic (exact) mass is 322 g/mol. The van der Waals surface area contributed by atoms with Crippen LogP contribution in [0.4, 0.5) is 0 Å². The van der Waals surface area contributed by atoms with Crippen LogP contribution >= 0.6 is 0 Å². The highest BCUT2D eigenvalue weighted by molar-refractivity contribution is 5.94. The third kappa shape index (κ3) is 3.06. The van der Waals surface area contributed by atoms with Gasteiger partial charge < -0.3 is 4.74 Å². The summed E-state index contributed by atoms with van der Waals surface area (Å²) in [6.45, 7) is 4.16. The van der Waals surface area contributed by atoms with Crippen LogP contribution in [-0.2, 0) is 6.54 Å². The molecular formula is C19H18N2O3. The van der Waals surface area contributed by atoms with Crippen LogP contribution in [-0.4, -0.2) is 22.2 Å². The third-order valence-electron chi connectivity index (χ3n) is 3.85. The molecule has 0 amide bonds. The van der Waals surface area contributed by atoms with E-state index in [9.17, 15) is 9.59 Å². The first-order chi connectivity index (χ1) is 11.6. The van der Waals surface area contributed by atoms with Crippen molar-refractivity contribution in [3.05, 3.63) is 70.1 Å². The number of rotatable bonds is 5. The Balaban J connectivity index is 2.07. The number of hydrogen-bond acceptors (Lipinski definition) is 4. The molecule has 3 rings (SSSR count). The van der Waals surface area contributed by atoms with Crippen molar-refractivity contribution in [3.8, 4) is 5.75 Å². The lowest BCUT2D eigenvalue weighted by molar-refractivity contribution is 0.101. The summed E-state index contributed by atoms with van der Waals surface area (Å²) in [5.74, 6) is 0.627. The number of ether oxygens (including phenoxy) is 1. The van der Waals surface area contributed by atoms with Gasteiger partial charge in [-0.15, -0.1) is 0 Å². The molecule has 0 unspecified atom stereocenters. The van der Waals surface area contributed by atoms with Gasteiger partial charge in [0, 0.05) is 16.5 Å². The molecule has 0 spiro atoms. The molecule has 2 aromatic carbocycles. The van der Waals surface area contributed by atoms with Gasteiger partial charge in [-0.3, -0.25) is 9.59 Å². The lowest BCUT2D eigenvalue weighted by Gasteiger charge is -2.12. The Morgan fingerprint density at radius 3 is 2.75 bits per heavy atom. The third-order valence-corrected chi connectivity index (χ3v) is 3.85. The normalized spacial score (nSPS) is 10.8. The van der Waals surface area contributed by atoms with E-state index in [-0.39, 0.29) is 17.9 Å². The molecule has 0 saturated carbocycles. The molecule has 0 radical (unpaired) electrons. The smallest absolute Gasteiger partial charge is 0.274 e. The molecule has 0 aliphatic carbocycles. The van der Waals surface area contributed by atoms with E-state index in [0.29, 0.717) is 23.3 Å². The van der Waals surface area contributed by atoms with Gasteiger partial charge in [0.1, 0.15) is 5.75 Å². The number of Topliss-reactive ketones (excluding diaryl/α,β-unsaturated/α-hetero) is 1. The predicted molar refractivity (Wildman–Crippen MR) is 92.7 cm³/mol. The van der Waals surface area contributed by atoms with Crippen LogP contribution in [0.1, 0.15) is 29.8 Å². The van der Waals surface area contributed by atoms with Crippen molar-refractivity contribution in [2.24, 2.45) is 0 Å². The van der Waals surface area contributed by atoms with Gasteiger partial charge in [-0.05, 0) is 38.1 Å². The first-order valence-corrected chi connectivity index (χ1v) is 7.81. The highest BCUT2D eigenvalue weighted by Crippen LogP contribution is 2.21. The van der Waals surface area contributed by atoms with E-state index in [4.69, 9.17) is 4.74 Å². The Kier molecular flexibility index (Phi) is 4.42. The van der Waals surface area contributed by atoms with Gasteiger partial charge in [0.05, 0.1) is 24.7 Å². The first kappa shape index (κ1) is 15.9. The minimum absolute atomic E-state index is 0.0295. The molecule has 0 bridgehead atoms. The highest BCUT2D eigenvalue weighted by atomic mass is 16.5. The average molecular weight is 322 g/mol. The van der Waals surface area contributed by atoms with E-state index in [1.165, 1.54) is 11.6 Å². The standard InChI is InChI=1S/C19H18N2O3/c1-3-24-18-9-8-14(13(2)22)10-16(18)12-21-19(23)17-7-5-4-6-15(17)11-20-21/h4-11H,3,12H2,1-2H3. The second kappa shape index (κ2) is 6.66. The minimum Gasteiger partial charge on any atom is -0.494 e. The van der Waals surface area contributed by atoms with Crippen LogP contribution in [0.2, 0.25) is 0 Å². The number of ketones is 1. The quantitative estimate of drug-likeness (QED) is 0.677. The molecule has 0 fully saturated rings. The van der Waals surface area contributed by atoms with E-state index >= 15 is 0 Å². The zero-order valence-electron chi connectivity index (χ0n) is 13.7. The Hall–Kier alpha value is -2.95. The molecular weight excluding hydrogens is 304 g/mol. The summed E-state index contributed by atoms with van der Waals surface area (Å²) in [4.78, 5) is 24.2. The summed E-state index contributed by atoms with van der Waals surface area (Å²) in [7, 11) is 0. The molecule has 24 heavy (non-hydrogen) atoms. The number of carbonyl (C=O) groups is 1. The summed E-state index contributed by atoms with van der Waals surface area (Å²) < 4.78 is 7.01. The number of aromatic nitrogens is 2. The van der Waals surface area contributed by atoms with Gasteiger partial charge in [-0.25, -0.2) is 4.68 Å². The number of carbonyl (C=O) groups excluding carboxylic acids is 1. The number of nitrogens with zero attached hydrogens (tertiary/aromatic N) is 2. The molecule has 1 heterocycles. The zero-order valence-corrected chi connectivity index (χ0v) is 13.7. The predicted octanol–water partition coefficient (Wildman–Crippen LogP) is 3.05. The lowest BCUT2D eigenvalue weighted by Crippen LogP contribution is -2.23. The molecule has 3 aromatic rings. The van der Waals surface area contributed by atoms with Gasteiger partial charge in [-0.2, -0.15) is 5.10 Å². The Labute approximate surface area is 139 Å². The van der Waals surface area contributed by atoms with Crippen molar-refractivity contribution in [2.75, 3.05) is 6.61 Å². The van der Waals surface area contributed by atoms with E-state index in [0.717, 1.165) is 10.9 Å². The fourth-order valence-corrected chi connectivity index (χ4v) is 2.62. The van der Waals surface area contributed by atoms with Crippen LogP contribution < -0.4 is 10.3 Å². The van der Waals surface area contributed by atoms with Crippen molar-refractivity contribution in [3.63, 3.8) is 0 Å². The molecule has 0 aliphatic heterocycles. The summed E-state index contributed by atoms with van der Waals surface area (Å²) in [6, 6.07) is 12.6. The topological polar surface area (TPSA) is 61.2 Å². The minimum atomic E-state index is -0.163. The second-order valence-corrected chi connectivity index (χ2v) is 5.51. The molecule has 0 aliphatic rings. The maximum atomic E-state index is 12.6. The fraction of sp³-hybridized carbons (Fsp3) is 0.211. The molecule has 5 heteroatoms. The maximum Gasteiger partial charge on any atom is 0.274 e. The largest absolute Gasteiger partial charge is 0.494 e. The van der Waals surface area contributed by atoms with Gasteiger partial charge in [0.2, 0.25) is 0 Å². The van der Waals surface area contributed by atoms with Gasteiger partial charge >= 0.3 is 0 Å². The summed E-state index contributed by atoms with van der Waals surface area (Å²) in [5, 5.41) is 5.67. The van der Waals surface area contributed by atoms with Gasteiger partial charge in [0.25, 0.3) is 5.56 Å². The van der Waals surface area contributed by atoms with Crippen molar-refractivity contribution in [2.45, 2.75) is 20.4 Å². The van der Waals surface area contributed by atoms with Crippen molar-refractivity contribution in [1.29, 1.82) is 0 Å². The van der Waals surface area contributed by atoms with Crippen LogP contribution in [0, 0.1) is 0 Å². The molecule has 122 valence electrons. The van der Waals surface area contributed by atoms with Crippen LogP contribution in [0.3, 0.4) is 0 Å². The molecule has 1 aromatic heterocycles. The van der Waals surface area contributed by atoms with Crippen LogP contribution in [0.5, 0.6) is 5.75 Å². The first-order valence-electron chi connectivity index (χ1n) is 7.81. The summed E-state index contributed by atoms with van der Waals surface area (Å²) in [6.07, 6.45) is 1.67. The summed E-state index contributed by atoms with van der Waals surface area (Å²) >= 11 is 0. The lowest BCUT2D eigenvalue weighted by atomic mass is 10.1.